The van der Waals surface area contributed by atoms with Crippen molar-refractivity contribution in [3.63, 3.8) is 0 Å². The van der Waals surface area contributed by atoms with Gasteiger partial charge in [0.25, 0.3) is 0 Å². The van der Waals surface area contributed by atoms with Crippen LogP contribution in [0.5, 0.6) is 0 Å². The fourth-order valence-corrected chi connectivity index (χ4v) is 17.8. The summed E-state index contributed by atoms with van der Waals surface area (Å²) < 4.78 is 23.6. The second-order valence-electron chi connectivity index (χ2n) is 11.8. The molecule has 1 aliphatic rings. The summed E-state index contributed by atoms with van der Waals surface area (Å²) >= 11 is 0. The minimum absolute atomic E-state index is 0.233. The molecule has 1 rings (SSSR count). The van der Waals surface area contributed by atoms with Gasteiger partial charge in [0.1, 0.15) is 0 Å². The molecule has 0 radical (unpaired) electrons. The van der Waals surface area contributed by atoms with Gasteiger partial charge in [-0.05, 0) is 98.8 Å². The predicted molar refractivity (Wildman–Crippen MR) is 139 cm³/mol. The predicted octanol–water partition coefficient (Wildman–Crippen LogP) is 4.92. The van der Waals surface area contributed by atoms with E-state index in [2.05, 4.69) is 71.1 Å². The molecule has 0 aromatic heterocycles. The number of nitrogens with one attached hydrogen (secondary N) is 1. The molecular weight excluding hydrogens is 441 g/mol. The zero-order valence-corrected chi connectivity index (χ0v) is 25.6. The monoisotopic (exact) mass is 492 g/mol. The Morgan fingerprint density at radius 3 is 1.71 bits per heavy atom. The van der Waals surface area contributed by atoms with Gasteiger partial charge in [-0.3, -0.25) is 4.90 Å². The van der Waals surface area contributed by atoms with Crippen molar-refractivity contribution in [3.8, 4) is 0 Å². The number of likely N-dealkylation sites (tertiary alicyclic amines) is 1. The molecule has 1 aliphatic heterocycles. The average molecular weight is 493 g/mol. The lowest BCUT2D eigenvalue weighted by molar-refractivity contribution is -0.0179. The zero-order valence-electron chi connectivity index (χ0n) is 22.6. The summed E-state index contributed by atoms with van der Waals surface area (Å²) in [4.78, 5) is 2.54. The Balaban J connectivity index is 2.49. The Labute approximate surface area is 196 Å². The standard InChI is InChI=1S/C22H52N2O4Si3/c1-21(2)18-20(19-22(3,4)24(21)5)23-14-13-15-29(9,10)28-30(11,12)16-17-31(25-6,26-7)27-8/h20,23H,13-19H2,1-12H3. The van der Waals surface area contributed by atoms with Crippen molar-refractivity contribution in [1.29, 1.82) is 0 Å². The molecule has 1 saturated heterocycles. The third-order valence-electron chi connectivity index (χ3n) is 7.22. The van der Waals surface area contributed by atoms with E-state index in [4.69, 9.17) is 17.4 Å². The third kappa shape index (κ3) is 8.94. The number of rotatable bonds is 13. The van der Waals surface area contributed by atoms with Crippen LogP contribution in [-0.4, -0.2) is 82.4 Å². The molecule has 0 atom stereocenters. The second-order valence-corrected chi connectivity index (χ2v) is 23.7. The Hall–Kier alpha value is 0.411. The molecule has 0 aliphatic carbocycles. The fraction of sp³-hybridized carbons (Fsp3) is 1.00. The van der Waals surface area contributed by atoms with Gasteiger partial charge in [0, 0.05) is 44.5 Å². The van der Waals surface area contributed by atoms with Gasteiger partial charge in [-0.25, -0.2) is 0 Å². The Morgan fingerprint density at radius 1 is 0.806 bits per heavy atom. The van der Waals surface area contributed by atoms with Gasteiger partial charge in [-0.1, -0.05) is 0 Å². The number of piperidine rings is 1. The minimum atomic E-state index is -2.52. The van der Waals surface area contributed by atoms with Crippen LogP contribution in [-0.2, 0) is 17.4 Å². The highest BCUT2D eigenvalue weighted by atomic mass is 28.4. The van der Waals surface area contributed by atoms with E-state index in [-0.39, 0.29) is 11.1 Å². The normalized spacial score (nSPS) is 20.9. The molecule has 0 aromatic rings. The summed E-state index contributed by atoms with van der Waals surface area (Å²) in [5.74, 6) is 0. The number of hydrogen-bond acceptors (Lipinski definition) is 6. The molecule has 0 aromatic carbocycles. The van der Waals surface area contributed by atoms with Gasteiger partial charge in [-0.2, -0.15) is 0 Å². The highest BCUT2D eigenvalue weighted by Gasteiger charge is 2.43. The Kier molecular flexibility index (Phi) is 10.7. The maximum atomic E-state index is 6.83. The van der Waals surface area contributed by atoms with Gasteiger partial charge in [-0.15, -0.1) is 0 Å². The maximum absolute atomic E-state index is 6.83. The van der Waals surface area contributed by atoms with Crippen molar-refractivity contribution in [1.82, 2.24) is 10.2 Å². The summed E-state index contributed by atoms with van der Waals surface area (Å²) in [7, 11) is 1.29. The van der Waals surface area contributed by atoms with E-state index in [9.17, 15) is 0 Å². The van der Waals surface area contributed by atoms with Crippen molar-refractivity contribution >= 4 is 25.4 Å². The number of nitrogens with zero attached hydrogens (tertiary/aromatic N) is 1. The van der Waals surface area contributed by atoms with Gasteiger partial charge in [0.05, 0.1) is 0 Å². The molecule has 0 amide bonds. The van der Waals surface area contributed by atoms with E-state index in [1.807, 2.05) is 0 Å². The molecule has 0 bridgehead atoms. The maximum Gasteiger partial charge on any atom is 0.499 e. The van der Waals surface area contributed by atoms with Gasteiger partial charge >= 0.3 is 8.80 Å². The Morgan fingerprint density at radius 2 is 1.26 bits per heavy atom. The molecule has 6 nitrogen and oxygen atoms in total. The van der Waals surface area contributed by atoms with Crippen LogP contribution in [0.3, 0.4) is 0 Å². The Bertz CT molecular complexity index is 529. The van der Waals surface area contributed by atoms with Crippen molar-refractivity contribution in [2.45, 2.75) is 108 Å². The van der Waals surface area contributed by atoms with Crippen molar-refractivity contribution in [2.24, 2.45) is 0 Å². The summed E-state index contributed by atoms with van der Waals surface area (Å²) in [6, 6.07) is 3.61. The van der Waals surface area contributed by atoms with Crippen LogP contribution < -0.4 is 5.32 Å². The summed E-state index contributed by atoms with van der Waals surface area (Å²) in [6.45, 7) is 19.9. The highest BCUT2D eigenvalue weighted by Crippen LogP contribution is 2.37. The van der Waals surface area contributed by atoms with E-state index in [0.29, 0.717) is 6.04 Å². The summed E-state index contributed by atoms with van der Waals surface area (Å²) in [5, 5.41) is 3.86. The van der Waals surface area contributed by atoms with E-state index in [1.54, 1.807) is 21.3 Å². The number of hydrogen-bond donors (Lipinski definition) is 1. The molecular formula is C22H52N2O4Si3. The van der Waals surface area contributed by atoms with Gasteiger partial charge in [0.2, 0.25) is 0 Å². The quantitative estimate of drug-likeness (QED) is 0.291. The molecule has 0 unspecified atom stereocenters. The van der Waals surface area contributed by atoms with E-state index in [0.717, 1.165) is 18.6 Å². The molecule has 1 fully saturated rings. The van der Waals surface area contributed by atoms with Crippen LogP contribution in [0.4, 0.5) is 0 Å². The lowest BCUT2D eigenvalue weighted by atomic mass is 9.77. The lowest BCUT2D eigenvalue weighted by Gasteiger charge is -2.54. The largest absolute Gasteiger partial charge is 0.499 e. The van der Waals surface area contributed by atoms with Crippen molar-refractivity contribution in [2.75, 3.05) is 34.9 Å². The van der Waals surface area contributed by atoms with E-state index < -0.39 is 25.4 Å². The van der Waals surface area contributed by atoms with Gasteiger partial charge < -0.3 is 22.7 Å². The van der Waals surface area contributed by atoms with Gasteiger partial charge in [0.15, 0.2) is 16.6 Å². The van der Waals surface area contributed by atoms with Crippen LogP contribution in [0.15, 0.2) is 0 Å². The van der Waals surface area contributed by atoms with E-state index in [1.165, 1.54) is 25.3 Å². The highest BCUT2D eigenvalue weighted by molar-refractivity contribution is 6.85. The van der Waals surface area contributed by atoms with Crippen LogP contribution >= 0.6 is 0 Å². The smallest absolute Gasteiger partial charge is 0.456 e. The molecule has 31 heavy (non-hydrogen) atoms. The first kappa shape index (κ1) is 29.4. The van der Waals surface area contributed by atoms with E-state index >= 15 is 0 Å². The minimum Gasteiger partial charge on any atom is -0.456 e. The SMILES string of the molecule is CO[Si](CC[Si](C)(C)O[Si](C)(C)CCCNC1CC(C)(C)N(C)C(C)(C)C1)(OC)OC. The van der Waals surface area contributed by atoms with Crippen LogP contribution in [0.2, 0.25) is 44.3 Å². The van der Waals surface area contributed by atoms with Crippen LogP contribution in [0.1, 0.15) is 47.0 Å². The fourth-order valence-electron chi connectivity index (χ4n) is 5.20. The first-order valence-electron chi connectivity index (χ1n) is 11.9. The third-order valence-corrected chi connectivity index (χ3v) is 17.9. The topological polar surface area (TPSA) is 52.2 Å². The molecule has 1 N–H and O–H groups in total. The molecule has 186 valence electrons. The zero-order chi connectivity index (χ0) is 24.1. The summed E-state index contributed by atoms with van der Waals surface area (Å²) in [5.41, 5.74) is 0.467. The molecule has 1 heterocycles. The first-order chi connectivity index (χ1) is 14.0. The lowest BCUT2D eigenvalue weighted by Crippen LogP contribution is -2.62. The molecule has 9 heteroatoms. The average Bonchev–Trinajstić information content (AvgIpc) is 2.63. The van der Waals surface area contributed by atoms with Crippen LogP contribution in [0.25, 0.3) is 0 Å². The van der Waals surface area contributed by atoms with Crippen molar-refractivity contribution < 1.29 is 17.4 Å². The molecule has 0 saturated carbocycles. The van der Waals surface area contributed by atoms with Crippen molar-refractivity contribution in [3.05, 3.63) is 0 Å². The van der Waals surface area contributed by atoms with Crippen LogP contribution in [0, 0.1) is 0 Å². The second kappa shape index (κ2) is 11.2. The summed E-state index contributed by atoms with van der Waals surface area (Å²) in [6.07, 6.45) is 3.59. The first-order valence-corrected chi connectivity index (χ1v) is 20.0. The molecule has 0 spiro atoms.